The molecule has 1 unspecified atom stereocenters. The van der Waals surface area contributed by atoms with Crippen molar-refractivity contribution in [2.24, 2.45) is 11.0 Å². The molecule has 1 fully saturated rings. The average molecular weight is 483 g/mol. The molecule has 1 saturated carbocycles. The molecule has 2 heterocycles. The van der Waals surface area contributed by atoms with Gasteiger partial charge in [0.15, 0.2) is 0 Å². The number of hydrogen-bond acceptors (Lipinski definition) is 5. The number of anilines is 2. The standard InChI is InChI=1S/C25H21F4N5O/c1-14-4-6-18(7-5-14)32(3)23(35)24(33-13-17-11-21(17)33)15(2)22(25(27,28)29)31-34(24)19-8-9-20(26)16(10-19)12-30/h4-10,13,15,21H,11H2,1-3H3/t15-,21?,24+/m0/s1. The molecule has 0 bridgehead atoms. The lowest BCUT2D eigenvalue weighted by atomic mass is 9.85. The third kappa shape index (κ3) is 3.29. The van der Waals surface area contributed by atoms with Gasteiger partial charge in [-0.25, -0.2) is 9.40 Å². The highest BCUT2D eigenvalue weighted by Gasteiger charge is 2.68. The van der Waals surface area contributed by atoms with E-state index in [1.807, 2.05) is 6.92 Å². The van der Waals surface area contributed by atoms with Crippen LogP contribution in [0.3, 0.4) is 0 Å². The predicted molar refractivity (Wildman–Crippen MR) is 122 cm³/mol. The number of carbonyl (C=O) groups is 1. The Balaban J connectivity index is 1.71. The first-order valence-corrected chi connectivity index (χ1v) is 11.0. The molecule has 180 valence electrons. The molecule has 3 aliphatic rings. The van der Waals surface area contributed by atoms with Crippen molar-refractivity contribution in [2.75, 3.05) is 17.0 Å². The second kappa shape index (κ2) is 7.57. The highest BCUT2D eigenvalue weighted by molar-refractivity contribution is 6.10. The summed E-state index contributed by atoms with van der Waals surface area (Å²) >= 11 is 0. The zero-order chi connectivity index (χ0) is 25.3. The number of alkyl halides is 3. The van der Waals surface area contributed by atoms with E-state index in [1.165, 1.54) is 24.9 Å². The van der Waals surface area contributed by atoms with E-state index in [4.69, 9.17) is 0 Å². The van der Waals surface area contributed by atoms with Gasteiger partial charge in [0, 0.05) is 18.9 Å². The Morgan fingerprint density at radius 2 is 1.91 bits per heavy atom. The monoisotopic (exact) mass is 483 g/mol. The molecule has 5 rings (SSSR count). The van der Waals surface area contributed by atoms with Crippen molar-refractivity contribution in [1.82, 2.24) is 4.90 Å². The number of amides is 1. The summed E-state index contributed by atoms with van der Waals surface area (Å²) < 4.78 is 56.5. The average Bonchev–Trinajstić information content (AvgIpc) is 3.34. The number of aryl methyl sites for hydroxylation is 1. The van der Waals surface area contributed by atoms with Crippen LogP contribution in [-0.4, -0.2) is 41.4 Å². The van der Waals surface area contributed by atoms with E-state index in [1.54, 1.807) is 41.4 Å². The Labute approximate surface area is 199 Å². The fraction of sp³-hybridized carbons (Fsp3) is 0.320. The maximum Gasteiger partial charge on any atom is 0.431 e. The molecule has 1 aliphatic carbocycles. The molecule has 0 saturated heterocycles. The van der Waals surface area contributed by atoms with Gasteiger partial charge in [-0.15, -0.1) is 0 Å². The van der Waals surface area contributed by atoms with Gasteiger partial charge < -0.3 is 9.80 Å². The van der Waals surface area contributed by atoms with Crippen molar-refractivity contribution in [3.8, 4) is 6.07 Å². The van der Waals surface area contributed by atoms with Crippen molar-refractivity contribution < 1.29 is 22.4 Å². The van der Waals surface area contributed by atoms with Gasteiger partial charge in [-0.2, -0.15) is 23.5 Å². The van der Waals surface area contributed by atoms with Crippen LogP contribution in [-0.2, 0) is 4.79 Å². The molecule has 3 atom stereocenters. The van der Waals surface area contributed by atoms with Crippen LogP contribution in [0.25, 0.3) is 0 Å². The Hall–Kier alpha value is -3.87. The van der Waals surface area contributed by atoms with Crippen LogP contribution in [0.15, 0.2) is 59.3 Å². The lowest BCUT2D eigenvalue weighted by Crippen LogP contribution is -2.70. The molecule has 2 aromatic carbocycles. The van der Waals surface area contributed by atoms with Crippen LogP contribution in [0.1, 0.15) is 24.5 Å². The Morgan fingerprint density at radius 3 is 2.46 bits per heavy atom. The number of halogens is 4. The van der Waals surface area contributed by atoms with E-state index >= 15 is 0 Å². The minimum Gasteiger partial charge on any atom is -0.338 e. The van der Waals surface area contributed by atoms with Crippen molar-refractivity contribution >= 4 is 23.0 Å². The van der Waals surface area contributed by atoms with Gasteiger partial charge in [0.1, 0.15) is 17.6 Å². The highest BCUT2D eigenvalue weighted by Crippen LogP contribution is 2.55. The van der Waals surface area contributed by atoms with Crippen LogP contribution in [0.5, 0.6) is 0 Å². The van der Waals surface area contributed by atoms with Gasteiger partial charge in [0.05, 0.1) is 23.2 Å². The van der Waals surface area contributed by atoms with Crippen molar-refractivity contribution in [3.63, 3.8) is 0 Å². The number of rotatable bonds is 4. The number of carbonyl (C=O) groups excluding carboxylic acids is 1. The zero-order valence-corrected chi connectivity index (χ0v) is 19.1. The minimum atomic E-state index is -4.80. The molecule has 0 aromatic heterocycles. The Kier molecular flexibility index (Phi) is 4.95. The lowest BCUT2D eigenvalue weighted by Gasteiger charge is -2.50. The summed E-state index contributed by atoms with van der Waals surface area (Å²) in [5.41, 5.74) is -0.850. The molecule has 10 heteroatoms. The summed E-state index contributed by atoms with van der Waals surface area (Å²) in [6.07, 6.45) is -2.46. The van der Waals surface area contributed by atoms with E-state index in [0.717, 1.165) is 28.3 Å². The van der Waals surface area contributed by atoms with Gasteiger partial charge in [0.25, 0.3) is 5.91 Å². The first kappa shape index (κ1) is 22.9. The minimum absolute atomic E-state index is 0.0159. The van der Waals surface area contributed by atoms with E-state index in [9.17, 15) is 27.6 Å². The summed E-state index contributed by atoms with van der Waals surface area (Å²) in [4.78, 5) is 17.2. The molecular formula is C25H21F4N5O. The number of nitriles is 1. The number of nitrogens with zero attached hydrogens (tertiary/aromatic N) is 5. The normalized spacial score (nSPS) is 24.7. The van der Waals surface area contributed by atoms with Gasteiger partial charge in [-0.1, -0.05) is 24.6 Å². The Morgan fingerprint density at radius 1 is 1.23 bits per heavy atom. The van der Waals surface area contributed by atoms with E-state index in [2.05, 4.69) is 5.10 Å². The van der Waals surface area contributed by atoms with Crippen molar-refractivity contribution in [1.29, 1.82) is 5.26 Å². The summed E-state index contributed by atoms with van der Waals surface area (Å²) in [5.74, 6) is -2.83. The zero-order valence-electron chi connectivity index (χ0n) is 19.1. The van der Waals surface area contributed by atoms with Crippen molar-refractivity contribution in [3.05, 3.63) is 71.2 Å². The number of benzene rings is 2. The molecule has 6 nitrogen and oxygen atoms in total. The van der Waals surface area contributed by atoms with Gasteiger partial charge in [-0.05, 0) is 49.2 Å². The van der Waals surface area contributed by atoms with Crippen LogP contribution >= 0.6 is 0 Å². The van der Waals surface area contributed by atoms with E-state index in [0.29, 0.717) is 12.1 Å². The van der Waals surface area contributed by atoms with Crippen LogP contribution in [0.4, 0.5) is 28.9 Å². The SMILES string of the molecule is Cc1ccc(N(C)C(=O)[C@@]2(N3C=C4CC43)[C@@H](C)C(C(F)(F)F)=NN2c2ccc(F)c(C#N)c2)cc1. The maximum atomic E-state index is 14.3. The molecule has 2 aromatic rings. The molecule has 35 heavy (non-hydrogen) atoms. The maximum absolute atomic E-state index is 14.3. The molecule has 2 aliphatic heterocycles. The number of likely N-dealkylation sites (N-methyl/N-ethyl adjacent to an activating group) is 1. The fourth-order valence-corrected chi connectivity index (χ4v) is 4.89. The fourth-order valence-electron chi connectivity index (χ4n) is 4.89. The second-order valence-corrected chi connectivity index (χ2v) is 9.05. The smallest absolute Gasteiger partial charge is 0.338 e. The van der Waals surface area contributed by atoms with E-state index < -0.39 is 35.2 Å². The number of hydrazone groups is 1. The van der Waals surface area contributed by atoms with Gasteiger partial charge >= 0.3 is 6.18 Å². The quantitative estimate of drug-likeness (QED) is 0.591. The largest absolute Gasteiger partial charge is 0.431 e. The summed E-state index contributed by atoms with van der Waals surface area (Å²) in [6.45, 7) is 3.22. The molecular weight excluding hydrogens is 462 g/mol. The summed E-state index contributed by atoms with van der Waals surface area (Å²) in [5, 5.41) is 14.2. The lowest BCUT2D eigenvalue weighted by molar-refractivity contribution is -0.131. The van der Waals surface area contributed by atoms with Crippen molar-refractivity contribution in [2.45, 2.75) is 38.1 Å². The van der Waals surface area contributed by atoms with Crippen LogP contribution in [0, 0.1) is 30.0 Å². The first-order chi connectivity index (χ1) is 16.5. The van der Waals surface area contributed by atoms with Gasteiger partial charge in [0.2, 0.25) is 5.66 Å². The summed E-state index contributed by atoms with van der Waals surface area (Å²) in [6, 6.07) is 11.9. The predicted octanol–water partition coefficient (Wildman–Crippen LogP) is 4.71. The third-order valence-corrected chi connectivity index (χ3v) is 6.92. The molecule has 1 amide bonds. The first-order valence-electron chi connectivity index (χ1n) is 11.0. The topological polar surface area (TPSA) is 62.9 Å². The third-order valence-electron chi connectivity index (χ3n) is 6.92. The number of fused-ring (bicyclic) bond motifs is 1. The highest BCUT2D eigenvalue weighted by atomic mass is 19.4. The van der Waals surface area contributed by atoms with Gasteiger partial charge in [-0.3, -0.25) is 4.79 Å². The Bertz CT molecular complexity index is 1330. The molecule has 0 N–H and O–H groups in total. The molecule has 0 spiro atoms. The van der Waals surface area contributed by atoms with Crippen LogP contribution < -0.4 is 9.91 Å². The summed E-state index contributed by atoms with van der Waals surface area (Å²) in [7, 11) is 1.51. The van der Waals surface area contributed by atoms with E-state index in [-0.39, 0.29) is 17.3 Å². The second-order valence-electron chi connectivity index (χ2n) is 9.05. The number of hydrogen-bond donors (Lipinski definition) is 0. The van der Waals surface area contributed by atoms with Crippen LogP contribution in [0.2, 0.25) is 0 Å². The molecule has 0 radical (unpaired) electrons.